The van der Waals surface area contributed by atoms with Crippen molar-refractivity contribution in [2.75, 3.05) is 0 Å². The van der Waals surface area contributed by atoms with Crippen molar-refractivity contribution in [1.82, 2.24) is 0 Å². The van der Waals surface area contributed by atoms with Gasteiger partial charge in [-0.1, -0.05) is 67.7 Å². The van der Waals surface area contributed by atoms with E-state index in [0.717, 1.165) is 32.1 Å². The summed E-state index contributed by atoms with van der Waals surface area (Å²) in [6.07, 6.45) is 24.2. The summed E-state index contributed by atoms with van der Waals surface area (Å²) < 4.78 is 4.70. The third-order valence-electron chi connectivity index (χ3n) is 3.10. The number of carbonyl (C=O) groups is 2. The molecule has 0 aromatic rings. The van der Waals surface area contributed by atoms with Gasteiger partial charge in [-0.3, -0.25) is 4.79 Å². The first-order valence-corrected chi connectivity index (χ1v) is 8.75. The number of carboxylic acid groups (broad SMARTS) is 1. The topological polar surface area (TPSA) is 63.6 Å². The quantitative estimate of drug-likeness (QED) is 0.370. The molecule has 1 unspecified atom stereocenters. The van der Waals surface area contributed by atoms with Crippen LogP contribution in [0.15, 0.2) is 60.8 Å². The van der Waals surface area contributed by atoms with Crippen LogP contribution in [0.25, 0.3) is 0 Å². The number of aliphatic carboxylic acids is 1. The molecule has 0 saturated carbocycles. The van der Waals surface area contributed by atoms with E-state index in [9.17, 15) is 9.59 Å². The number of hydrogen-bond donors (Lipinski definition) is 1. The Labute approximate surface area is 151 Å². The molecule has 0 saturated heterocycles. The molecule has 1 atom stereocenters. The largest absolute Gasteiger partial charge is 0.479 e. The fourth-order valence-electron chi connectivity index (χ4n) is 1.73. The van der Waals surface area contributed by atoms with Gasteiger partial charge in [0.1, 0.15) is 0 Å². The van der Waals surface area contributed by atoms with Gasteiger partial charge < -0.3 is 9.84 Å². The summed E-state index contributed by atoms with van der Waals surface area (Å²) >= 11 is 0. The first kappa shape index (κ1) is 22.6. The van der Waals surface area contributed by atoms with Crippen LogP contribution in [-0.2, 0) is 14.3 Å². The highest BCUT2D eigenvalue weighted by Crippen LogP contribution is 1.98. The van der Waals surface area contributed by atoms with Gasteiger partial charge in [-0.25, -0.2) is 4.79 Å². The Hall–Kier alpha value is -2.36. The zero-order chi connectivity index (χ0) is 18.8. The Morgan fingerprint density at radius 3 is 1.60 bits per heavy atom. The van der Waals surface area contributed by atoms with Crippen molar-refractivity contribution in [1.29, 1.82) is 0 Å². The first-order chi connectivity index (χ1) is 12.1. The highest BCUT2D eigenvalue weighted by atomic mass is 16.6. The Kier molecular flexibility index (Phi) is 14.9. The summed E-state index contributed by atoms with van der Waals surface area (Å²) in [6, 6.07) is 0. The second kappa shape index (κ2) is 16.5. The van der Waals surface area contributed by atoms with Gasteiger partial charge in [0, 0.05) is 0 Å². The second-order valence-electron chi connectivity index (χ2n) is 5.38. The third-order valence-corrected chi connectivity index (χ3v) is 3.10. The van der Waals surface area contributed by atoms with Crippen LogP contribution in [0.2, 0.25) is 0 Å². The standard InChI is InChI=1S/C21H30O4/c1-3-4-5-6-7-8-9-10-11-12-13-14-15-16-17-18-20(22)25-19(2)21(23)24/h4-5,7-8,10-11,13-14,16-17,19H,3,6,9,12,15,18H2,1-2H3,(H,23,24)/b5-4-,8-7-,11-10-,14-13-,17-16-. The molecule has 0 aliphatic heterocycles. The van der Waals surface area contributed by atoms with Crippen molar-refractivity contribution in [3.63, 3.8) is 0 Å². The zero-order valence-electron chi connectivity index (χ0n) is 15.3. The van der Waals surface area contributed by atoms with Crippen LogP contribution >= 0.6 is 0 Å². The maximum atomic E-state index is 11.3. The molecule has 0 bridgehead atoms. The molecule has 0 aromatic heterocycles. The molecule has 4 nitrogen and oxygen atoms in total. The van der Waals surface area contributed by atoms with E-state index < -0.39 is 18.0 Å². The predicted molar refractivity (Wildman–Crippen MR) is 102 cm³/mol. The maximum absolute atomic E-state index is 11.3. The molecule has 4 heteroatoms. The van der Waals surface area contributed by atoms with Gasteiger partial charge in [0.2, 0.25) is 0 Å². The van der Waals surface area contributed by atoms with E-state index in [1.165, 1.54) is 6.92 Å². The van der Waals surface area contributed by atoms with E-state index >= 15 is 0 Å². The molecule has 1 N–H and O–H groups in total. The average Bonchev–Trinajstić information content (AvgIpc) is 2.58. The summed E-state index contributed by atoms with van der Waals surface area (Å²) in [5.74, 6) is -1.67. The SMILES string of the molecule is CC/C=C\C/C=C\C/C=C\C/C=C\C/C=C\CC(=O)OC(C)C(=O)O. The van der Waals surface area contributed by atoms with Crippen LogP contribution < -0.4 is 0 Å². The smallest absolute Gasteiger partial charge is 0.344 e. The maximum Gasteiger partial charge on any atom is 0.344 e. The molecule has 0 radical (unpaired) electrons. The molecule has 0 amide bonds. The number of hydrogen-bond acceptors (Lipinski definition) is 3. The van der Waals surface area contributed by atoms with Gasteiger partial charge in [0.25, 0.3) is 0 Å². The van der Waals surface area contributed by atoms with E-state index in [0.29, 0.717) is 0 Å². The minimum absolute atomic E-state index is 0.0884. The highest BCUT2D eigenvalue weighted by Gasteiger charge is 2.14. The molecule has 138 valence electrons. The van der Waals surface area contributed by atoms with Crippen LogP contribution in [0.4, 0.5) is 0 Å². The molecule has 0 aromatic carbocycles. The summed E-state index contributed by atoms with van der Waals surface area (Å²) in [4.78, 5) is 21.9. The van der Waals surface area contributed by atoms with E-state index in [2.05, 4.69) is 49.5 Å². The highest BCUT2D eigenvalue weighted by molar-refractivity contribution is 5.78. The number of allylic oxidation sites excluding steroid dienone is 9. The lowest BCUT2D eigenvalue weighted by Crippen LogP contribution is -2.23. The van der Waals surface area contributed by atoms with Gasteiger partial charge in [-0.15, -0.1) is 0 Å². The van der Waals surface area contributed by atoms with Gasteiger partial charge in [0.05, 0.1) is 6.42 Å². The number of ether oxygens (including phenoxy) is 1. The lowest BCUT2D eigenvalue weighted by atomic mass is 10.2. The van der Waals surface area contributed by atoms with Crippen LogP contribution in [0, 0.1) is 0 Å². The van der Waals surface area contributed by atoms with E-state index in [1.54, 1.807) is 6.08 Å². The van der Waals surface area contributed by atoms with Gasteiger partial charge in [-0.05, 0) is 39.0 Å². The zero-order valence-corrected chi connectivity index (χ0v) is 15.3. The molecule has 0 rings (SSSR count). The molecule has 0 aliphatic carbocycles. The normalized spacial score (nSPS) is 13.7. The van der Waals surface area contributed by atoms with Gasteiger partial charge in [0.15, 0.2) is 6.10 Å². The van der Waals surface area contributed by atoms with Crippen molar-refractivity contribution in [2.24, 2.45) is 0 Å². The summed E-state index contributed by atoms with van der Waals surface area (Å²) in [5, 5.41) is 8.62. The Morgan fingerprint density at radius 1 is 0.800 bits per heavy atom. The van der Waals surface area contributed by atoms with E-state index in [-0.39, 0.29) is 6.42 Å². The molecule has 25 heavy (non-hydrogen) atoms. The van der Waals surface area contributed by atoms with Crippen molar-refractivity contribution in [2.45, 2.75) is 58.5 Å². The molecule has 0 heterocycles. The van der Waals surface area contributed by atoms with Gasteiger partial charge >= 0.3 is 11.9 Å². The lowest BCUT2D eigenvalue weighted by Gasteiger charge is -2.06. The Balaban J connectivity index is 3.68. The number of rotatable bonds is 13. The van der Waals surface area contributed by atoms with E-state index in [1.807, 2.05) is 12.2 Å². The van der Waals surface area contributed by atoms with Crippen LogP contribution in [0.1, 0.15) is 52.4 Å². The average molecular weight is 346 g/mol. The van der Waals surface area contributed by atoms with Crippen LogP contribution in [0.5, 0.6) is 0 Å². The Bertz CT molecular complexity index is 510. The van der Waals surface area contributed by atoms with Crippen molar-refractivity contribution in [3.05, 3.63) is 60.8 Å². The number of esters is 1. The van der Waals surface area contributed by atoms with Crippen LogP contribution in [0.3, 0.4) is 0 Å². The predicted octanol–water partition coefficient (Wildman–Crippen LogP) is 5.14. The second-order valence-corrected chi connectivity index (χ2v) is 5.38. The summed E-state index contributed by atoms with van der Waals surface area (Å²) in [5.41, 5.74) is 0. The minimum atomic E-state index is -1.14. The molecular weight excluding hydrogens is 316 g/mol. The molecular formula is C21H30O4. The minimum Gasteiger partial charge on any atom is -0.479 e. The summed E-state index contributed by atoms with van der Waals surface area (Å²) in [6.45, 7) is 3.46. The van der Waals surface area contributed by atoms with Crippen molar-refractivity contribution in [3.8, 4) is 0 Å². The molecule has 0 fully saturated rings. The monoisotopic (exact) mass is 346 g/mol. The molecule has 0 aliphatic rings. The third kappa shape index (κ3) is 16.3. The number of carbonyl (C=O) groups excluding carboxylic acids is 1. The van der Waals surface area contributed by atoms with Crippen molar-refractivity contribution < 1.29 is 19.4 Å². The Morgan fingerprint density at radius 2 is 1.20 bits per heavy atom. The molecule has 0 spiro atoms. The fraction of sp³-hybridized carbons (Fsp3) is 0.429. The van der Waals surface area contributed by atoms with E-state index in [4.69, 9.17) is 9.84 Å². The van der Waals surface area contributed by atoms with Gasteiger partial charge in [-0.2, -0.15) is 0 Å². The lowest BCUT2D eigenvalue weighted by molar-refractivity contribution is -0.162. The summed E-state index contributed by atoms with van der Waals surface area (Å²) in [7, 11) is 0. The fourth-order valence-corrected chi connectivity index (χ4v) is 1.73. The number of carboxylic acids is 1. The first-order valence-electron chi connectivity index (χ1n) is 8.75. The van der Waals surface area contributed by atoms with Crippen molar-refractivity contribution >= 4 is 11.9 Å². The van der Waals surface area contributed by atoms with Crippen LogP contribution in [-0.4, -0.2) is 23.1 Å².